The van der Waals surface area contributed by atoms with Crippen LogP contribution in [0.15, 0.2) is 48.5 Å². The average molecular weight is 344 g/mol. The number of ether oxygens (including phenoxy) is 1. The number of benzene rings is 2. The maximum absolute atomic E-state index is 13.5. The lowest BCUT2D eigenvalue weighted by molar-refractivity contribution is -0.305. The maximum atomic E-state index is 13.5. The minimum absolute atomic E-state index is 0.148. The maximum Gasteiger partial charge on any atom is 0.456 e. The van der Waals surface area contributed by atoms with E-state index in [1.165, 1.54) is 0 Å². The van der Waals surface area contributed by atoms with Crippen molar-refractivity contribution in [2.45, 2.75) is 18.3 Å². The summed E-state index contributed by atoms with van der Waals surface area (Å²) in [5, 5.41) is 0. The first-order valence-corrected chi connectivity index (χ1v) is 6.58. The van der Waals surface area contributed by atoms with Gasteiger partial charge in [0.2, 0.25) is 0 Å². The Balaban J connectivity index is 2.14. The summed E-state index contributed by atoms with van der Waals surface area (Å²) < 4.78 is 81.4. The first kappa shape index (κ1) is 17.7. The molecule has 0 aliphatic rings. The molecule has 0 spiro atoms. The molecule has 0 aromatic heterocycles. The normalized spacial score (nSPS) is 13.2. The number of rotatable bonds is 4. The van der Waals surface area contributed by atoms with Crippen LogP contribution < -0.4 is 4.74 Å². The van der Waals surface area contributed by atoms with Crippen molar-refractivity contribution in [3.8, 4) is 23.8 Å². The smallest absolute Gasteiger partial charge is 0.456 e. The zero-order valence-electron chi connectivity index (χ0n) is 11.9. The van der Waals surface area contributed by atoms with E-state index >= 15 is 0 Å². The van der Waals surface area contributed by atoms with E-state index in [9.17, 15) is 26.3 Å². The molecule has 2 aromatic rings. The van der Waals surface area contributed by atoms with Crippen molar-refractivity contribution in [1.29, 1.82) is 0 Å². The standard InChI is InChI=1S/C17H10F6O/c1-2-11-3-7-13(8-4-11)24-14-9-5-12(6-10-14)15(18)16(19,20)17(21,22)23/h1,3-10,15H. The molecular formula is C17H10F6O. The van der Waals surface area contributed by atoms with Crippen molar-refractivity contribution in [3.05, 3.63) is 59.7 Å². The third-order valence-electron chi connectivity index (χ3n) is 3.13. The van der Waals surface area contributed by atoms with E-state index in [0.717, 1.165) is 24.3 Å². The van der Waals surface area contributed by atoms with Gasteiger partial charge in [0, 0.05) is 5.56 Å². The predicted octanol–water partition coefficient (Wildman–Crippen LogP) is 5.67. The SMILES string of the molecule is C#Cc1ccc(Oc2ccc(C(F)C(F)(F)C(F)(F)F)cc2)cc1. The van der Waals surface area contributed by atoms with E-state index in [1.807, 2.05) is 0 Å². The Morgan fingerprint density at radius 1 is 0.833 bits per heavy atom. The van der Waals surface area contributed by atoms with E-state index in [2.05, 4.69) is 5.92 Å². The molecule has 24 heavy (non-hydrogen) atoms. The Kier molecular flexibility index (Phi) is 4.78. The van der Waals surface area contributed by atoms with E-state index < -0.39 is 23.8 Å². The summed E-state index contributed by atoms with van der Waals surface area (Å²) in [6, 6.07) is 10.1. The van der Waals surface area contributed by atoms with Gasteiger partial charge in [-0.25, -0.2) is 4.39 Å². The second kappa shape index (κ2) is 6.48. The summed E-state index contributed by atoms with van der Waals surface area (Å²) in [7, 11) is 0. The van der Waals surface area contributed by atoms with Crippen molar-refractivity contribution in [2.75, 3.05) is 0 Å². The lowest BCUT2D eigenvalue weighted by Gasteiger charge is -2.23. The van der Waals surface area contributed by atoms with Gasteiger partial charge in [0.1, 0.15) is 11.5 Å². The van der Waals surface area contributed by atoms with Gasteiger partial charge >= 0.3 is 12.1 Å². The molecule has 0 amide bonds. The Labute approximate surface area is 133 Å². The number of halogens is 6. The molecule has 0 aliphatic carbocycles. The summed E-state index contributed by atoms with van der Waals surface area (Å²) >= 11 is 0. The predicted molar refractivity (Wildman–Crippen MR) is 75.7 cm³/mol. The van der Waals surface area contributed by atoms with Gasteiger partial charge in [0.15, 0.2) is 6.17 Å². The highest BCUT2D eigenvalue weighted by molar-refractivity contribution is 5.39. The fourth-order valence-corrected chi connectivity index (χ4v) is 1.81. The number of alkyl halides is 6. The van der Waals surface area contributed by atoms with Crippen LogP contribution in [-0.4, -0.2) is 12.1 Å². The Morgan fingerprint density at radius 3 is 1.71 bits per heavy atom. The summed E-state index contributed by atoms with van der Waals surface area (Å²) in [4.78, 5) is 0. The molecule has 0 fully saturated rings. The summed E-state index contributed by atoms with van der Waals surface area (Å²) in [5.74, 6) is -2.55. The van der Waals surface area contributed by atoms with Gasteiger partial charge in [0.05, 0.1) is 0 Å². The molecule has 0 heterocycles. The lowest BCUT2D eigenvalue weighted by atomic mass is 10.0. The Bertz CT molecular complexity index is 726. The van der Waals surface area contributed by atoms with E-state index in [-0.39, 0.29) is 5.75 Å². The molecule has 1 atom stereocenters. The Hall–Kier alpha value is -2.62. The molecular weight excluding hydrogens is 334 g/mol. The first-order chi connectivity index (χ1) is 11.1. The molecule has 1 nitrogen and oxygen atoms in total. The van der Waals surface area contributed by atoms with Crippen LogP contribution in [-0.2, 0) is 0 Å². The highest BCUT2D eigenvalue weighted by atomic mass is 19.4. The van der Waals surface area contributed by atoms with Gasteiger partial charge in [0.25, 0.3) is 0 Å². The lowest BCUT2D eigenvalue weighted by Crippen LogP contribution is -2.40. The van der Waals surface area contributed by atoms with Gasteiger partial charge < -0.3 is 4.74 Å². The monoisotopic (exact) mass is 344 g/mol. The third-order valence-corrected chi connectivity index (χ3v) is 3.13. The molecule has 0 saturated heterocycles. The summed E-state index contributed by atoms with van der Waals surface area (Å²) in [5.41, 5.74) is -0.181. The van der Waals surface area contributed by atoms with Gasteiger partial charge in [-0.2, -0.15) is 22.0 Å². The molecule has 0 bridgehead atoms. The molecule has 0 N–H and O–H groups in total. The molecule has 0 aliphatic heterocycles. The number of hydrogen-bond donors (Lipinski definition) is 0. The minimum Gasteiger partial charge on any atom is -0.457 e. The van der Waals surface area contributed by atoms with Crippen molar-refractivity contribution in [3.63, 3.8) is 0 Å². The number of hydrogen-bond acceptors (Lipinski definition) is 1. The minimum atomic E-state index is -5.97. The first-order valence-electron chi connectivity index (χ1n) is 6.58. The summed E-state index contributed by atoms with van der Waals surface area (Å²) in [6.45, 7) is 0. The average Bonchev–Trinajstić information content (AvgIpc) is 2.54. The molecule has 2 rings (SSSR count). The summed E-state index contributed by atoms with van der Waals surface area (Å²) in [6.07, 6.45) is -4.28. The molecule has 0 radical (unpaired) electrons. The second-order valence-corrected chi connectivity index (χ2v) is 4.82. The molecule has 7 heteroatoms. The molecule has 2 aromatic carbocycles. The van der Waals surface area contributed by atoms with Gasteiger partial charge in [-0.05, 0) is 42.0 Å². The zero-order valence-corrected chi connectivity index (χ0v) is 11.9. The van der Waals surface area contributed by atoms with Crippen LogP contribution in [0.5, 0.6) is 11.5 Å². The van der Waals surface area contributed by atoms with Crippen LogP contribution in [0.25, 0.3) is 0 Å². The van der Waals surface area contributed by atoms with Crippen LogP contribution in [0.4, 0.5) is 26.3 Å². The topological polar surface area (TPSA) is 9.23 Å². The quantitative estimate of drug-likeness (QED) is 0.513. The van der Waals surface area contributed by atoms with E-state index in [4.69, 9.17) is 11.2 Å². The van der Waals surface area contributed by atoms with E-state index in [0.29, 0.717) is 11.3 Å². The second-order valence-electron chi connectivity index (χ2n) is 4.82. The highest BCUT2D eigenvalue weighted by Crippen LogP contribution is 2.46. The van der Waals surface area contributed by atoms with Crippen molar-refractivity contribution < 1.29 is 31.1 Å². The van der Waals surface area contributed by atoms with Gasteiger partial charge in [-0.3, -0.25) is 0 Å². The van der Waals surface area contributed by atoms with Crippen LogP contribution in [0, 0.1) is 12.3 Å². The molecule has 1 unspecified atom stereocenters. The number of terminal acetylenes is 1. The van der Waals surface area contributed by atoms with Gasteiger partial charge in [-0.15, -0.1) is 6.42 Å². The fourth-order valence-electron chi connectivity index (χ4n) is 1.81. The third kappa shape index (κ3) is 3.65. The van der Waals surface area contributed by atoms with E-state index in [1.54, 1.807) is 24.3 Å². The van der Waals surface area contributed by atoms with Crippen LogP contribution in [0.3, 0.4) is 0 Å². The van der Waals surface area contributed by atoms with Gasteiger partial charge in [-0.1, -0.05) is 18.1 Å². The molecule has 0 saturated carbocycles. The van der Waals surface area contributed by atoms with Crippen LogP contribution >= 0.6 is 0 Å². The fraction of sp³-hybridized carbons (Fsp3) is 0.176. The van der Waals surface area contributed by atoms with Crippen LogP contribution in [0.2, 0.25) is 0 Å². The zero-order chi connectivity index (χ0) is 18.0. The Morgan fingerprint density at radius 2 is 1.29 bits per heavy atom. The van der Waals surface area contributed by atoms with Crippen molar-refractivity contribution >= 4 is 0 Å². The van der Waals surface area contributed by atoms with Crippen molar-refractivity contribution in [1.82, 2.24) is 0 Å². The van der Waals surface area contributed by atoms with Crippen molar-refractivity contribution in [2.24, 2.45) is 0 Å². The molecule has 126 valence electrons. The highest BCUT2D eigenvalue weighted by Gasteiger charge is 2.63. The van der Waals surface area contributed by atoms with Crippen LogP contribution in [0.1, 0.15) is 17.3 Å². The largest absolute Gasteiger partial charge is 0.457 e.